The fourth-order valence-electron chi connectivity index (χ4n) is 2.08. The molecule has 2 aromatic carbocycles. The number of benzene rings is 2. The van der Waals surface area contributed by atoms with Crippen molar-refractivity contribution < 1.29 is 28.1 Å². The van der Waals surface area contributed by atoms with Gasteiger partial charge in [-0.15, -0.1) is 0 Å². The second-order valence-electron chi connectivity index (χ2n) is 5.44. The minimum absolute atomic E-state index is 0.0328. The molecule has 0 bridgehead atoms. The first kappa shape index (κ1) is 20.4. The molecule has 28 heavy (non-hydrogen) atoms. The van der Waals surface area contributed by atoms with Crippen LogP contribution in [0.4, 0.5) is 14.5 Å². The van der Waals surface area contributed by atoms with Crippen LogP contribution in [0.2, 0.25) is 0 Å². The second kappa shape index (κ2) is 9.16. The Hall–Kier alpha value is -3.89. The summed E-state index contributed by atoms with van der Waals surface area (Å²) in [6.45, 7) is -0.172. The Kier molecular flexibility index (Phi) is 6.68. The minimum Gasteiger partial charge on any atom is -0.351 e. The average molecular weight is 392 g/mol. The van der Waals surface area contributed by atoms with Gasteiger partial charge in [-0.05, 0) is 18.2 Å². The number of halogens is 2. The topological polar surface area (TPSA) is 130 Å². The molecule has 2 aromatic rings. The van der Waals surface area contributed by atoms with E-state index in [2.05, 4.69) is 16.2 Å². The number of nitro benzene ring substituents is 1. The quantitative estimate of drug-likeness (QED) is 0.506. The second-order valence-corrected chi connectivity index (χ2v) is 5.44. The van der Waals surface area contributed by atoms with Crippen molar-refractivity contribution in [2.45, 2.75) is 6.42 Å². The van der Waals surface area contributed by atoms with Crippen LogP contribution in [0.1, 0.15) is 27.1 Å². The lowest BCUT2D eigenvalue weighted by Crippen LogP contribution is -2.42. The highest BCUT2D eigenvalue weighted by atomic mass is 19.1. The zero-order valence-corrected chi connectivity index (χ0v) is 14.2. The van der Waals surface area contributed by atoms with Crippen LogP contribution in [0.25, 0.3) is 0 Å². The molecule has 0 heterocycles. The summed E-state index contributed by atoms with van der Waals surface area (Å²) in [6.07, 6.45) is -0.246. The maximum atomic E-state index is 13.5. The smallest absolute Gasteiger partial charge is 0.270 e. The molecule has 3 N–H and O–H groups in total. The highest BCUT2D eigenvalue weighted by Gasteiger charge is 2.14. The lowest BCUT2D eigenvalue weighted by atomic mass is 10.2. The largest absolute Gasteiger partial charge is 0.351 e. The van der Waals surface area contributed by atoms with Gasteiger partial charge in [0.15, 0.2) is 0 Å². The normalized spacial score (nSPS) is 10.1. The van der Waals surface area contributed by atoms with Gasteiger partial charge in [-0.1, -0.05) is 6.07 Å². The maximum absolute atomic E-state index is 13.5. The van der Waals surface area contributed by atoms with Crippen LogP contribution in [-0.4, -0.2) is 29.2 Å². The third-order valence-electron chi connectivity index (χ3n) is 3.45. The Labute approximate surface area is 156 Å². The first-order valence-electron chi connectivity index (χ1n) is 7.85. The number of hydrogen-bond donors (Lipinski definition) is 3. The molecule has 0 saturated heterocycles. The molecule has 0 atom stereocenters. The van der Waals surface area contributed by atoms with Gasteiger partial charge in [-0.25, -0.2) is 8.78 Å². The molecule has 0 aliphatic carbocycles. The number of carbonyl (C=O) groups excluding carboxylic acids is 3. The lowest BCUT2D eigenvalue weighted by molar-refractivity contribution is -0.384. The van der Waals surface area contributed by atoms with Crippen LogP contribution < -0.4 is 16.2 Å². The van der Waals surface area contributed by atoms with Crippen molar-refractivity contribution in [2.24, 2.45) is 0 Å². The highest BCUT2D eigenvalue weighted by Crippen LogP contribution is 2.12. The Morgan fingerprint density at radius 1 is 1.00 bits per heavy atom. The maximum Gasteiger partial charge on any atom is 0.270 e. The van der Waals surface area contributed by atoms with Crippen LogP contribution in [0, 0.1) is 21.7 Å². The SMILES string of the molecule is O=C(CCNC(=O)c1ccc(F)cc1F)NNC(=O)c1cccc([N+](=O)[O-])c1. The fraction of sp³-hybridized carbons (Fsp3) is 0.118. The van der Waals surface area contributed by atoms with Crippen molar-refractivity contribution >= 4 is 23.4 Å². The minimum atomic E-state index is -1.04. The first-order chi connectivity index (χ1) is 13.3. The molecule has 0 aromatic heterocycles. The van der Waals surface area contributed by atoms with Gasteiger partial charge in [-0.2, -0.15) is 0 Å². The number of carbonyl (C=O) groups is 3. The number of hydrazine groups is 1. The van der Waals surface area contributed by atoms with E-state index in [1.54, 1.807) is 0 Å². The molecule has 0 radical (unpaired) electrons. The number of nitrogens with one attached hydrogen (secondary N) is 3. The van der Waals surface area contributed by atoms with E-state index in [0.717, 1.165) is 18.2 Å². The molecular formula is C17H14F2N4O5. The van der Waals surface area contributed by atoms with Crippen molar-refractivity contribution in [1.82, 2.24) is 16.2 Å². The molecule has 11 heteroatoms. The predicted molar refractivity (Wildman–Crippen MR) is 92.0 cm³/mol. The van der Waals surface area contributed by atoms with Gasteiger partial charge in [0.2, 0.25) is 5.91 Å². The third kappa shape index (κ3) is 5.56. The summed E-state index contributed by atoms with van der Waals surface area (Å²) in [5.74, 6) is -4.13. The molecule has 0 aliphatic heterocycles. The summed E-state index contributed by atoms with van der Waals surface area (Å²) in [4.78, 5) is 45.3. The van der Waals surface area contributed by atoms with E-state index in [4.69, 9.17) is 0 Å². The van der Waals surface area contributed by atoms with Crippen molar-refractivity contribution in [2.75, 3.05) is 6.54 Å². The zero-order chi connectivity index (χ0) is 20.7. The molecule has 0 saturated carbocycles. The van der Waals surface area contributed by atoms with E-state index in [9.17, 15) is 33.3 Å². The Morgan fingerprint density at radius 2 is 1.75 bits per heavy atom. The molecule has 0 aliphatic rings. The van der Waals surface area contributed by atoms with Gasteiger partial charge in [0.25, 0.3) is 17.5 Å². The Morgan fingerprint density at radius 3 is 2.43 bits per heavy atom. The number of hydrogen-bond acceptors (Lipinski definition) is 5. The van der Waals surface area contributed by atoms with Crippen LogP contribution in [0.5, 0.6) is 0 Å². The molecular weight excluding hydrogens is 378 g/mol. The Bertz CT molecular complexity index is 936. The number of nitrogens with zero attached hydrogens (tertiary/aromatic N) is 1. The van der Waals surface area contributed by atoms with E-state index in [1.165, 1.54) is 18.2 Å². The van der Waals surface area contributed by atoms with Crippen LogP contribution >= 0.6 is 0 Å². The number of rotatable bonds is 6. The molecule has 2 rings (SSSR count). The van der Waals surface area contributed by atoms with Crippen LogP contribution in [-0.2, 0) is 4.79 Å². The van der Waals surface area contributed by atoms with E-state index in [-0.39, 0.29) is 29.8 Å². The summed E-state index contributed by atoms with van der Waals surface area (Å²) >= 11 is 0. The van der Waals surface area contributed by atoms with Gasteiger partial charge < -0.3 is 5.32 Å². The summed E-state index contributed by atoms with van der Waals surface area (Å²) < 4.78 is 26.3. The highest BCUT2D eigenvalue weighted by molar-refractivity contribution is 5.96. The van der Waals surface area contributed by atoms with Gasteiger partial charge in [0.05, 0.1) is 10.5 Å². The van der Waals surface area contributed by atoms with E-state index in [0.29, 0.717) is 6.07 Å². The van der Waals surface area contributed by atoms with Gasteiger partial charge in [0.1, 0.15) is 11.6 Å². The van der Waals surface area contributed by atoms with Crippen molar-refractivity contribution in [3.63, 3.8) is 0 Å². The van der Waals surface area contributed by atoms with E-state index >= 15 is 0 Å². The predicted octanol–water partition coefficient (Wildman–Crippen LogP) is 1.45. The third-order valence-corrected chi connectivity index (χ3v) is 3.45. The van der Waals surface area contributed by atoms with E-state index < -0.39 is 34.3 Å². The molecule has 9 nitrogen and oxygen atoms in total. The summed E-state index contributed by atoms with van der Waals surface area (Å²) in [7, 11) is 0. The van der Waals surface area contributed by atoms with Crippen molar-refractivity contribution in [1.29, 1.82) is 0 Å². The first-order valence-corrected chi connectivity index (χ1v) is 7.85. The molecule has 146 valence electrons. The summed E-state index contributed by atoms with van der Waals surface area (Å²) in [5.41, 5.74) is 3.46. The monoisotopic (exact) mass is 392 g/mol. The fourth-order valence-corrected chi connectivity index (χ4v) is 2.08. The number of non-ortho nitro benzene ring substituents is 1. The van der Waals surface area contributed by atoms with Crippen molar-refractivity contribution in [3.05, 3.63) is 75.3 Å². The van der Waals surface area contributed by atoms with Crippen LogP contribution in [0.3, 0.4) is 0 Å². The standard InChI is InChI=1S/C17H14F2N4O5/c18-11-4-5-13(14(19)9-11)17(26)20-7-6-15(24)21-22-16(25)10-2-1-3-12(8-10)23(27)28/h1-5,8-9H,6-7H2,(H,20,26)(H,21,24)(H,22,25). The van der Waals surface area contributed by atoms with Gasteiger partial charge >= 0.3 is 0 Å². The molecule has 0 spiro atoms. The Balaban J connectivity index is 1.78. The number of nitro groups is 1. The van der Waals surface area contributed by atoms with Crippen molar-refractivity contribution in [3.8, 4) is 0 Å². The zero-order valence-electron chi connectivity index (χ0n) is 14.2. The van der Waals surface area contributed by atoms with Crippen LogP contribution in [0.15, 0.2) is 42.5 Å². The average Bonchev–Trinajstić information content (AvgIpc) is 2.66. The molecule has 0 fully saturated rings. The summed E-state index contributed by atoms with van der Waals surface area (Å²) in [5, 5.41) is 13.0. The number of amides is 3. The molecule has 3 amide bonds. The van der Waals surface area contributed by atoms with Gasteiger partial charge in [0, 0.05) is 36.7 Å². The van der Waals surface area contributed by atoms with Gasteiger partial charge in [-0.3, -0.25) is 35.3 Å². The van der Waals surface area contributed by atoms with E-state index in [1.807, 2.05) is 0 Å². The molecule has 0 unspecified atom stereocenters. The lowest BCUT2D eigenvalue weighted by Gasteiger charge is -2.08. The summed E-state index contributed by atoms with van der Waals surface area (Å²) in [6, 6.07) is 7.35.